The number of carbonyl (C=O) groups is 1. The molecule has 0 fully saturated rings. The highest BCUT2D eigenvalue weighted by Crippen LogP contribution is 2.34. The normalized spacial score (nSPS) is 10.9. The second-order valence-electron chi connectivity index (χ2n) is 5.93. The van der Waals surface area contributed by atoms with E-state index in [4.69, 9.17) is 30.5 Å². The standard InChI is InChI=1S/C21H19ClN2O5/c1-12(25)29-19-9-13(5-7-16(19)26-2)6-8-20-23-15-11-18(28-4)17(27-3)10-14(15)21(22)24-20/h5-11H,1-4H3/b8-6+. The molecule has 0 unspecified atom stereocenters. The lowest BCUT2D eigenvalue weighted by Gasteiger charge is -2.10. The Morgan fingerprint density at radius 1 is 0.897 bits per heavy atom. The molecule has 0 aliphatic carbocycles. The van der Waals surface area contributed by atoms with Gasteiger partial charge in [-0.3, -0.25) is 4.79 Å². The van der Waals surface area contributed by atoms with Gasteiger partial charge in [0.2, 0.25) is 0 Å². The van der Waals surface area contributed by atoms with Crippen molar-refractivity contribution in [1.29, 1.82) is 0 Å². The number of methoxy groups -OCH3 is 3. The predicted molar refractivity (Wildman–Crippen MR) is 111 cm³/mol. The fraction of sp³-hybridized carbons (Fsp3) is 0.190. The molecule has 7 nitrogen and oxygen atoms in total. The summed E-state index contributed by atoms with van der Waals surface area (Å²) in [5, 5.41) is 0.953. The smallest absolute Gasteiger partial charge is 0.308 e. The van der Waals surface area contributed by atoms with Gasteiger partial charge in [-0.05, 0) is 29.8 Å². The summed E-state index contributed by atoms with van der Waals surface area (Å²) in [5.41, 5.74) is 1.40. The van der Waals surface area contributed by atoms with Crippen molar-refractivity contribution >= 4 is 40.6 Å². The van der Waals surface area contributed by atoms with E-state index in [9.17, 15) is 4.79 Å². The minimum absolute atomic E-state index is 0.297. The highest BCUT2D eigenvalue weighted by molar-refractivity contribution is 6.34. The molecule has 2 aromatic carbocycles. The second-order valence-corrected chi connectivity index (χ2v) is 6.29. The van der Waals surface area contributed by atoms with Crippen LogP contribution in [0.15, 0.2) is 30.3 Å². The molecule has 0 spiro atoms. The van der Waals surface area contributed by atoms with Gasteiger partial charge in [0.1, 0.15) is 5.15 Å². The van der Waals surface area contributed by atoms with Crippen LogP contribution >= 0.6 is 11.6 Å². The van der Waals surface area contributed by atoms with E-state index < -0.39 is 5.97 Å². The zero-order chi connectivity index (χ0) is 21.0. The van der Waals surface area contributed by atoms with E-state index >= 15 is 0 Å². The molecule has 0 saturated heterocycles. The number of aromatic nitrogens is 2. The number of nitrogens with zero attached hydrogens (tertiary/aromatic N) is 2. The average molecular weight is 415 g/mol. The number of fused-ring (bicyclic) bond motifs is 1. The summed E-state index contributed by atoms with van der Waals surface area (Å²) in [5.74, 6) is 1.87. The van der Waals surface area contributed by atoms with Gasteiger partial charge in [0.05, 0.1) is 26.8 Å². The van der Waals surface area contributed by atoms with Crippen LogP contribution in [0, 0.1) is 0 Å². The second kappa shape index (κ2) is 8.79. The van der Waals surface area contributed by atoms with Crippen molar-refractivity contribution in [2.24, 2.45) is 0 Å². The van der Waals surface area contributed by atoms with Crippen LogP contribution < -0.4 is 18.9 Å². The van der Waals surface area contributed by atoms with Crippen molar-refractivity contribution in [2.75, 3.05) is 21.3 Å². The van der Waals surface area contributed by atoms with Crippen molar-refractivity contribution in [3.63, 3.8) is 0 Å². The van der Waals surface area contributed by atoms with Gasteiger partial charge in [0.25, 0.3) is 0 Å². The summed E-state index contributed by atoms with van der Waals surface area (Å²) < 4.78 is 21.0. The molecule has 0 aliphatic heterocycles. The van der Waals surface area contributed by atoms with E-state index in [1.807, 2.05) is 6.07 Å². The van der Waals surface area contributed by atoms with Gasteiger partial charge in [0, 0.05) is 18.4 Å². The molecule has 3 rings (SSSR count). The van der Waals surface area contributed by atoms with Gasteiger partial charge in [-0.1, -0.05) is 23.7 Å². The zero-order valence-electron chi connectivity index (χ0n) is 16.4. The molecule has 0 N–H and O–H groups in total. The molecule has 0 saturated carbocycles. The summed E-state index contributed by atoms with van der Waals surface area (Å²) in [7, 11) is 4.61. The number of halogens is 1. The van der Waals surface area contributed by atoms with Crippen molar-refractivity contribution in [1.82, 2.24) is 9.97 Å². The molecular weight excluding hydrogens is 396 g/mol. The average Bonchev–Trinajstić information content (AvgIpc) is 2.71. The summed E-state index contributed by atoms with van der Waals surface area (Å²) in [6.07, 6.45) is 3.49. The largest absolute Gasteiger partial charge is 0.493 e. The highest BCUT2D eigenvalue weighted by atomic mass is 35.5. The van der Waals surface area contributed by atoms with Crippen molar-refractivity contribution < 1.29 is 23.7 Å². The third-order valence-electron chi connectivity index (χ3n) is 4.04. The maximum absolute atomic E-state index is 11.3. The lowest BCUT2D eigenvalue weighted by atomic mass is 10.2. The molecule has 29 heavy (non-hydrogen) atoms. The number of benzene rings is 2. The number of carbonyl (C=O) groups excluding carboxylic acids is 1. The Balaban J connectivity index is 1.97. The Labute approximate surface area is 172 Å². The number of ether oxygens (including phenoxy) is 4. The maximum atomic E-state index is 11.3. The van der Waals surface area contributed by atoms with Crippen molar-refractivity contribution in [3.05, 3.63) is 46.9 Å². The first kappa shape index (κ1) is 20.4. The van der Waals surface area contributed by atoms with E-state index in [0.29, 0.717) is 44.9 Å². The van der Waals surface area contributed by atoms with E-state index in [-0.39, 0.29) is 0 Å². The van der Waals surface area contributed by atoms with Crippen LogP contribution in [0.2, 0.25) is 5.15 Å². The quantitative estimate of drug-likeness (QED) is 0.336. The molecule has 0 amide bonds. The Kier molecular flexibility index (Phi) is 6.19. The van der Waals surface area contributed by atoms with Gasteiger partial charge >= 0.3 is 5.97 Å². The molecule has 0 aliphatic rings. The van der Waals surface area contributed by atoms with Gasteiger partial charge in [-0.15, -0.1) is 0 Å². The maximum Gasteiger partial charge on any atom is 0.308 e. The van der Waals surface area contributed by atoms with E-state index in [0.717, 1.165) is 5.56 Å². The molecule has 0 atom stereocenters. The SMILES string of the molecule is COc1cc2nc(/C=C/c3ccc(OC)c(OC(C)=O)c3)nc(Cl)c2cc1OC. The van der Waals surface area contributed by atoms with Crippen LogP contribution in [-0.2, 0) is 4.79 Å². The monoisotopic (exact) mass is 414 g/mol. The number of hydrogen-bond donors (Lipinski definition) is 0. The Hall–Kier alpha value is -3.32. The first-order chi connectivity index (χ1) is 13.9. The molecule has 1 aromatic heterocycles. The van der Waals surface area contributed by atoms with Crippen LogP contribution in [0.1, 0.15) is 18.3 Å². The molecule has 1 heterocycles. The first-order valence-corrected chi connectivity index (χ1v) is 8.96. The van der Waals surface area contributed by atoms with Gasteiger partial charge in [0.15, 0.2) is 28.8 Å². The molecule has 8 heteroatoms. The summed E-state index contributed by atoms with van der Waals surface area (Å²) in [4.78, 5) is 20.1. The number of rotatable bonds is 6. The number of hydrogen-bond acceptors (Lipinski definition) is 7. The molecular formula is C21H19ClN2O5. The van der Waals surface area contributed by atoms with Crippen LogP contribution in [0.4, 0.5) is 0 Å². The third-order valence-corrected chi connectivity index (χ3v) is 4.33. The Morgan fingerprint density at radius 3 is 2.24 bits per heavy atom. The van der Waals surface area contributed by atoms with E-state index in [1.54, 1.807) is 50.6 Å². The summed E-state index contributed by atoms with van der Waals surface area (Å²) in [6, 6.07) is 8.69. The van der Waals surface area contributed by atoms with Crippen LogP contribution in [0.3, 0.4) is 0 Å². The molecule has 3 aromatic rings. The fourth-order valence-corrected chi connectivity index (χ4v) is 2.95. The van der Waals surface area contributed by atoms with Crippen LogP contribution in [0.25, 0.3) is 23.1 Å². The molecule has 0 bridgehead atoms. The zero-order valence-corrected chi connectivity index (χ0v) is 17.1. The van der Waals surface area contributed by atoms with Gasteiger partial charge in [-0.2, -0.15) is 0 Å². The van der Waals surface area contributed by atoms with E-state index in [2.05, 4.69) is 9.97 Å². The minimum atomic E-state index is -0.432. The first-order valence-electron chi connectivity index (χ1n) is 8.59. The van der Waals surface area contributed by atoms with Crippen molar-refractivity contribution in [2.45, 2.75) is 6.92 Å². The van der Waals surface area contributed by atoms with Crippen LogP contribution in [-0.4, -0.2) is 37.3 Å². The van der Waals surface area contributed by atoms with Crippen molar-refractivity contribution in [3.8, 4) is 23.0 Å². The third kappa shape index (κ3) is 4.57. The fourth-order valence-electron chi connectivity index (χ4n) is 2.71. The Bertz CT molecular complexity index is 1100. The minimum Gasteiger partial charge on any atom is -0.493 e. The number of esters is 1. The highest BCUT2D eigenvalue weighted by Gasteiger charge is 2.12. The van der Waals surface area contributed by atoms with E-state index in [1.165, 1.54) is 14.0 Å². The summed E-state index contributed by atoms with van der Waals surface area (Å²) >= 11 is 6.34. The predicted octanol–water partition coefficient (Wildman–Crippen LogP) is 4.40. The summed E-state index contributed by atoms with van der Waals surface area (Å²) in [6.45, 7) is 1.33. The van der Waals surface area contributed by atoms with Gasteiger partial charge in [-0.25, -0.2) is 9.97 Å². The lowest BCUT2D eigenvalue weighted by molar-refractivity contribution is -0.132. The molecule has 150 valence electrons. The Morgan fingerprint density at radius 2 is 1.59 bits per heavy atom. The van der Waals surface area contributed by atoms with Crippen LogP contribution in [0.5, 0.6) is 23.0 Å². The molecule has 0 radical (unpaired) electrons. The lowest BCUT2D eigenvalue weighted by Crippen LogP contribution is -2.03. The van der Waals surface area contributed by atoms with Gasteiger partial charge < -0.3 is 18.9 Å². The topological polar surface area (TPSA) is 79.8 Å².